The summed E-state index contributed by atoms with van der Waals surface area (Å²) in [6, 6.07) is 7.26. The fourth-order valence-corrected chi connectivity index (χ4v) is 3.16. The van der Waals surface area contributed by atoms with E-state index in [1.54, 1.807) is 25.5 Å². The van der Waals surface area contributed by atoms with Crippen LogP contribution < -0.4 is 6.15 Å². The van der Waals surface area contributed by atoms with Crippen molar-refractivity contribution >= 4 is 11.2 Å². The van der Waals surface area contributed by atoms with Gasteiger partial charge in [0.1, 0.15) is 17.2 Å². The van der Waals surface area contributed by atoms with Gasteiger partial charge in [0.05, 0.1) is 18.6 Å². The maximum absolute atomic E-state index is 12.9. The molecule has 0 aliphatic carbocycles. The summed E-state index contributed by atoms with van der Waals surface area (Å²) in [5, 5.41) is 0. The highest BCUT2D eigenvalue weighted by molar-refractivity contribution is 5.73. The quantitative estimate of drug-likeness (QED) is 0.556. The predicted octanol–water partition coefficient (Wildman–Crippen LogP) is 4.07. The number of aryl methyl sites for hydroxylation is 3. The molecule has 152 valence electrons. The second-order valence-corrected chi connectivity index (χ2v) is 6.66. The van der Waals surface area contributed by atoms with Gasteiger partial charge in [-0.2, -0.15) is 13.2 Å². The van der Waals surface area contributed by atoms with Gasteiger partial charge in [-0.1, -0.05) is 24.3 Å². The van der Waals surface area contributed by atoms with Crippen LogP contribution in [0.2, 0.25) is 0 Å². The van der Waals surface area contributed by atoms with Crippen molar-refractivity contribution in [1.82, 2.24) is 35.2 Å². The highest BCUT2D eigenvalue weighted by Gasteiger charge is 2.34. The molecule has 1 aromatic carbocycles. The van der Waals surface area contributed by atoms with Crippen LogP contribution >= 0.6 is 0 Å². The van der Waals surface area contributed by atoms with E-state index < -0.39 is 11.9 Å². The van der Waals surface area contributed by atoms with Gasteiger partial charge in [-0.3, -0.25) is 0 Å². The van der Waals surface area contributed by atoms with Crippen molar-refractivity contribution in [3.63, 3.8) is 0 Å². The molecule has 3 aromatic heterocycles. The first-order chi connectivity index (χ1) is 13.2. The second kappa shape index (κ2) is 7.28. The third-order valence-corrected chi connectivity index (χ3v) is 4.48. The van der Waals surface area contributed by atoms with Gasteiger partial charge in [0, 0.05) is 18.8 Å². The van der Waals surface area contributed by atoms with Gasteiger partial charge in [0.25, 0.3) is 0 Å². The predicted molar refractivity (Wildman–Crippen MR) is 103 cm³/mol. The Morgan fingerprint density at radius 3 is 2.31 bits per heavy atom. The van der Waals surface area contributed by atoms with E-state index in [9.17, 15) is 13.2 Å². The standard InChI is InChI=1S/C19H17F3N6.H3N/c1-11-16-18(25-12(2)24-11)28(10-23-16)8-13-4-6-14(7-5-13)17-26-15(9-27(17)3)19(20,21)22;/h4-7,9-10H,8H2,1-3H3;1H3. The fraction of sp³-hybridized carbons (Fsp3) is 0.263. The summed E-state index contributed by atoms with van der Waals surface area (Å²) in [7, 11) is 1.55. The Morgan fingerprint density at radius 2 is 1.69 bits per heavy atom. The Kier molecular flexibility index (Phi) is 5.14. The molecule has 10 heteroatoms. The van der Waals surface area contributed by atoms with Gasteiger partial charge in [0.15, 0.2) is 11.3 Å². The molecule has 0 saturated heterocycles. The van der Waals surface area contributed by atoms with Crippen LogP contribution in [0, 0.1) is 13.8 Å². The third kappa shape index (κ3) is 3.83. The van der Waals surface area contributed by atoms with Gasteiger partial charge >= 0.3 is 6.18 Å². The van der Waals surface area contributed by atoms with E-state index in [-0.39, 0.29) is 12.0 Å². The number of imidazole rings is 2. The van der Waals surface area contributed by atoms with Crippen LogP contribution in [0.4, 0.5) is 13.2 Å². The maximum Gasteiger partial charge on any atom is 0.434 e. The Hall–Kier alpha value is -3.27. The summed E-state index contributed by atoms with van der Waals surface area (Å²) in [5.74, 6) is 0.947. The first kappa shape index (κ1) is 20.5. The van der Waals surface area contributed by atoms with E-state index in [1.165, 1.54) is 4.57 Å². The van der Waals surface area contributed by atoms with Gasteiger partial charge < -0.3 is 15.3 Å². The van der Waals surface area contributed by atoms with Crippen LogP contribution in [-0.2, 0) is 19.8 Å². The number of hydrogen-bond donors (Lipinski definition) is 1. The summed E-state index contributed by atoms with van der Waals surface area (Å²) < 4.78 is 41.9. The molecule has 0 atom stereocenters. The lowest BCUT2D eigenvalue weighted by molar-refractivity contribution is -0.140. The van der Waals surface area contributed by atoms with Crippen molar-refractivity contribution in [2.45, 2.75) is 26.6 Å². The lowest BCUT2D eigenvalue weighted by Crippen LogP contribution is -2.04. The van der Waals surface area contributed by atoms with Crippen LogP contribution in [0.25, 0.3) is 22.6 Å². The minimum absolute atomic E-state index is 0. The van der Waals surface area contributed by atoms with Crippen molar-refractivity contribution < 1.29 is 13.2 Å². The normalized spacial score (nSPS) is 11.7. The van der Waals surface area contributed by atoms with Gasteiger partial charge in [0.2, 0.25) is 0 Å². The monoisotopic (exact) mass is 403 g/mol. The number of hydrogen-bond acceptors (Lipinski definition) is 5. The van der Waals surface area contributed by atoms with E-state index in [2.05, 4.69) is 19.9 Å². The number of nitrogens with zero attached hydrogens (tertiary/aromatic N) is 6. The Labute approximate surface area is 164 Å². The van der Waals surface area contributed by atoms with Crippen molar-refractivity contribution in [2.24, 2.45) is 7.05 Å². The molecular weight excluding hydrogens is 383 g/mol. The average Bonchev–Trinajstić information content (AvgIpc) is 3.20. The molecule has 0 aliphatic heterocycles. The summed E-state index contributed by atoms with van der Waals surface area (Å²) in [6.07, 6.45) is -1.75. The zero-order valence-electron chi connectivity index (χ0n) is 16.2. The molecule has 0 bridgehead atoms. The van der Waals surface area contributed by atoms with Crippen molar-refractivity contribution in [1.29, 1.82) is 0 Å². The molecule has 0 aliphatic rings. The minimum Gasteiger partial charge on any atom is -0.344 e. The van der Waals surface area contributed by atoms with Crippen LogP contribution in [-0.4, -0.2) is 29.1 Å². The third-order valence-electron chi connectivity index (χ3n) is 4.48. The van der Waals surface area contributed by atoms with Gasteiger partial charge in [-0.05, 0) is 19.4 Å². The maximum atomic E-state index is 12.9. The second-order valence-electron chi connectivity index (χ2n) is 6.66. The Bertz CT molecular complexity index is 1160. The zero-order chi connectivity index (χ0) is 20.1. The minimum atomic E-state index is -4.46. The number of alkyl halides is 3. The zero-order valence-corrected chi connectivity index (χ0v) is 16.2. The van der Waals surface area contributed by atoms with E-state index in [1.807, 2.05) is 30.5 Å². The Balaban J connectivity index is 0.00000240. The number of benzene rings is 1. The molecule has 3 heterocycles. The largest absolute Gasteiger partial charge is 0.434 e. The van der Waals surface area contributed by atoms with Crippen molar-refractivity contribution in [3.05, 3.63) is 59.6 Å². The molecule has 0 unspecified atom stereocenters. The van der Waals surface area contributed by atoms with Crippen LogP contribution in [0.3, 0.4) is 0 Å². The average molecular weight is 403 g/mol. The summed E-state index contributed by atoms with van der Waals surface area (Å²) in [5.41, 5.74) is 3.03. The summed E-state index contributed by atoms with van der Waals surface area (Å²) >= 11 is 0. The highest BCUT2D eigenvalue weighted by atomic mass is 19.4. The van der Waals surface area contributed by atoms with Crippen LogP contribution in [0.1, 0.15) is 22.8 Å². The molecule has 3 N–H and O–H groups in total. The van der Waals surface area contributed by atoms with E-state index in [4.69, 9.17) is 0 Å². The molecule has 0 saturated carbocycles. The molecule has 0 amide bonds. The summed E-state index contributed by atoms with van der Waals surface area (Å²) in [4.78, 5) is 16.9. The van der Waals surface area contributed by atoms with Crippen molar-refractivity contribution in [2.75, 3.05) is 0 Å². The number of halogens is 3. The van der Waals surface area contributed by atoms with E-state index in [0.29, 0.717) is 17.9 Å². The molecule has 7 nitrogen and oxygen atoms in total. The van der Waals surface area contributed by atoms with Gasteiger partial charge in [-0.25, -0.2) is 19.9 Å². The van der Waals surface area contributed by atoms with Crippen LogP contribution in [0.5, 0.6) is 0 Å². The molecule has 29 heavy (non-hydrogen) atoms. The first-order valence-electron chi connectivity index (χ1n) is 8.58. The number of fused-ring (bicyclic) bond motifs is 1. The molecule has 4 aromatic rings. The lowest BCUT2D eigenvalue weighted by atomic mass is 10.1. The number of aromatic nitrogens is 6. The fourth-order valence-electron chi connectivity index (χ4n) is 3.16. The van der Waals surface area contributed by atoms with E-state index >= 15 is 0 Å². The molecule has 4 rings (SSSR count). The van der Waals surface area contributed by atoms with Crippen molar-refractivity contribution in [3.8, 4) is 11.4 Å². The first-order valence-corrected chi connectivity index (χ1v) is 8.58. The molecule has 0 fully saturated rings. The highest BCUT2D eigenvalue weighted by Crippen LogP contribution is 2.30. The SMILES string of the molecule is Cc1nc(C)c2ncn(Cc3ccc(-c4nc(C(F)(F)F)cn4C)cc3)c2n1.N. The molecule has 0 radical (unpaired) electrons. The van der Waals surface area contributed by atoms with E-state index in [0.717, 1.165) is 28.6 Å². The van der Waals surface area contributed by atoms with Gasteiger partial charge in [-0.15, -0.1) is 0 Å². The number of rotatable bonds is 3. The Morgan fingerprint density at radius 1 is 1.00 bits per heavy atom. The topological polar surface area (TPSA) is 96.4 Å². The summed E-state index contributed by atoms with van der Waals surface area (Å²) in [6.45, 7) is 4.27. The lowest BCUT2D eigenvalue weighted by Gasteiger charge is -2.07. The molecule has 0 spiro atoms. The smallest absolute Gasteiger partial charge is 0.344 e. The molecular formula is C19H20F3N7. The van der Waals surface area contributed by atoms with Crippen LogP contribution in [0.15, 0.2) is 36.8 Å².